The molecule has 0 heterocycles. The van der Waals surface area contributed by atoms with Gasteiger partial charge in [-0.05, 0) is 12.8 Å². The molecule has 1 unspecified atom stereocenters. The van der Waals surface area contributed by atoms with Gasteiger partial charge < -0.3 is 10.5 Å². The minimum absolute atomic E-state index is 0.0448. The molecule has 2 N–H and O–H groups in total. The highest BCUT2D eigenvalue weighted by atomic mass is 16.5. The SMILES string of the molecule is CCCCCCCC(N)OC. The molecule has 2 nitrogen and oxygen atoms in total. The first-order valence-electron chi connectivity index (χ1n) is 4.59. The van der Waals surface area contributed by atoms with Crippen LogP contribution in [0.1, 0.15) is 45.4 Å². The lowest BCUT2D eigenvalue weighted by Crippen LogP contribution is -2.21. The van der Waals surface area contributed by atoms with Crippen molar-refractivity contribution in [3.8, 4) is 0 Å². The molecule has 0 rings (SSSR count). The van der Waals surface area contributed by atoms with E-state index in [2.05, 4.69) is 6.92 Å². The molecule has 2 heteroatoms. The van der Waals surface area contributed by atoms with Crippen molar-refractivity contribution in [2.75, 3.05) is 7.11 Å². The molecule has 0 aliphatic carbocycles. The zero-order valence-electron chi connectivity index (χ0n) is 7.81. The number of hydrogen-bond donors (Lipinski definition) is 1. The minimum Gasteiger partial charge on any atom is -0.367 e. The van der Waals surface area contributed by atoms with Crippen LogP contribution < -0.4 is 5.73 Å². The van der Waals surface area contributed by atoms with Crippen LogP contribution in [0.2, 0.25) is 0 Å². The summed E-state index contributed by atoms with van der Waals surface area (Å²) < 4.78 is 4.93. The summed E-state index contributed by atoms with van der Waals surface area (Å²) >= 11 is 0. The van der Waals surface area contributed by atoms with Crippen molar-refractivity contribution in [1.82, 2.24) is 0 Å². The average molecular weight is 159 g/mol. The van der Waals surface area contributed by atoms with E-state index in [1.807, 2.05) is 0 Å². The molecule has 0 bridgehead atoms. The van der Waals surface area contributed by atoms with Crippen LogP contribution in [0, 0.1) is 0 Å². The Labute approximate surface area is 70.1 Å². The predicted molar refractivity (Wildman–Crippen MR) is 48.4 cm³/mol. The molecule has 0 fully saturated rings. The second kappa shape index (κ2) is 8.02. The van der Waals surface area contributed by atoms with Crippen LogP contribution in [0.25, 0.3) is 0 Å². The number of rotatable bonds is 7. The van der Waals surface area contributed by atoms with Gasteiger partial charge in [0.15, 0.2) is 0 Å². The lowest BCUT2D eigenvalue weighted by molar-refractivity contribution is 0.0983. The second-order valence-corrected chi connectivity index (χ2v) is 2.98. The van der Waals surface area contributed by atoms with Gasteiger partial charge in [-0.2, -0.15) is 0 Å². The lowest BCUT2D eigenvalue weighted by Gasteiger charge is -2.07. The number of methoxy groups -OCH3 is 1. The summed E-state index contributed by atoms with van der Waals surface area (Å²) in [6, 6.07) is 0. The third-order valence-electron chi connectivity index (χ3n) is 1.89. The Morgan fingerprint density at radius 1 is 1.18 bits per heavy atom. The van der Waals surface area contributed by atoms with E-state index in [-0.39, 0.29) is 6.23 Å². The number of nitrogens with two attached hydrogens (primary N) is 1. The van der Waals surface area contributed by atoms with Gasteiger partial charge in [-0.25, -0.2) is 0 Å². The largest absolute Gasteiger partial charge is 0.367 e. The van der Waals surface area contributed by atoms with Gasteiger partial charge >= 0.3 is 0 Å². The van der Waals surface area contributed by atoms with Crippen molar-refractivity contribution in [2.45, 2.75) is 51.7 Å². The van der Waals surface area contributed by atoms with E-state index in [4.69, 9.17) is 10.5 Å². The average Bonchev–Trinajstić information content (AvgIpc) is 2.04. The van der Waals surface area contributed by atoms with Crippen LogP contribution in [0.5, 0.6) is 0 Å². The van der Waals surface area contributed by atoms with Crippen molar-refractivity contribution in [2.24, 2.45) is 5.73 Å². The van der Waals surface area contributed by atoms with Gasteiger partial charge in [0.1, 0.15) is 6.23 Å². The van der Waals surface area contributed by atoms with E-state index < -0.39 is 0 Å². The van der Waals surface area contributed by atoms with E-state index in [1.54, 1.807) is 7.11 Å². The van der Waals surface area contributed by atoms with Crippen LogP contribution in [-0.2, 0) is 4.74 Å². The molecule has 0 aromatic heterocycles. The third-order valence-corrected chi connectivity index (χ3v) is 1.89. The van der Waals surface area contributed by atoms with Gasteiger partial charge in [0, 0.05) is 7.11 Å². The summed E-state index contributed by atoms with van der Waals surface area (Å²) in [5.74, 6) is 0. The highest BCUT2D eigenvalue weighted by molar-refractivity contribution is 4.48. The van der Waals surface area contributed by atoms with E-state index >= 15 is 0 Å². The summed E-state index contributed by atoms with van der Waals surface area (Å²) in [6.45, 7) is 2.22. The summed E-state index contributed by atoms with van der Waals surface area (Å²) in [5, 5.41) is 0. The van der Waals surface area contributed by atoms with Gasteiger partial charge in [-0.3, -0.25) is 0 Å². The minimum atomic E-state index is -0.0448. The molecule has 1 atom stereocenters. The lowest BCUT2D eigenvalue weighted by atomic mass is 10.1. The zero-order chi connectivity index (χ0) is 8.53. The Balaban J connectivity index is 2.89. The fraction of sp³-hybridized carbons (Fsp3) is 1.00. The molecular weight excluding hydrogens is 138 g/mol. The molecule has 0 aliphatic heterocycles. The fourth-order valence-corrected chi connectivity index (χ4v) is 1.07. The van der Waals surface area contributed by atoms with Crippen LogP contribution in [0.3, 0.4) is 0 Å². The molecule has 0 saturated carbocycles. The van der Waals surface area contributed by atoms with Crippen molar-refractivity contribution in [3.05, 3.63) is 0 Å². The third kappa shape index (κ3) is 7.82. The number of ether oxygens (including phenoxy) is 1. The maximum absolute atomic E-state index is 5.57. The summed E-state index contributed by atoms with van der Waals surface area (Å²) in [6.07, 6.45) is 7.45. The Hall–Kier alpha value is -0.0800. The Bertz CT molecular complexity index is 76.0. The van der Waals surface area contributed by atoms with Crippen molar-refractivity contribution in [1.29, 1.82) is 0 Å². The highest BCUT2D eigenvalue weighted by Crippen LogP contribution is 2.06. The maximum Gasteiger partial charge on any atom is 0.105 e. The quantitative estimate of drug-likeness (QED) is 0.457. The molecule has 68 valence electrons. The first-order chi connectivity index (χ1) is 5.31. The van der Waals surface area contributed by atoms with Gasteiger partial charge in [0.05, 0.1) is 0 Å². The van der Waals surface area contributed by atoms with Gasteiger partial charge in [-0.1, -0.05) is 32.6 Å². The fourth-order valence-electron chi connectivity index (χ4n) is 1.07. The van der Waals surface area contributed by atoms with Gasteiger partial charge in [-0.15, -0.1) is 0 Å². The van der Waals surface area contributed by atoms with E-state index in [1.165, 1.54) is 32.1 Å². The van der Waals surface area contributed by atoms with E-state index in [0.29, 0.717) is 0 Å². The normalized spacial score (nSPS) is 13.4. The summed E-state index contributed by atoms with van der Waals surface area (Å²) in [4.78, 5) is 0. The first kappa shape index (κ1) is 10.9. The van der Waals surface area contributed by atoms with Crippen LogP contribution in [0.15, 0.2) is 0 Å². The summed E-state index contributed by atoms with van der Waals surface area (Å²) in [7, 11) is 1.66. The molecule has 0 amide bonds. The van der Waals surface area contributed by atoms with E-state index in [0.717, 1.165) is 6.42 Å². The van der Waals surface area contributed by atoms with Crippen molar-refractivity contribution < 1.29 is 4.74 Å². The highest BCUT2D eigenvalue weighted by Gasteiger charge is 1.97. The van der Waals surface area contributed by atoms with Crippen molar-refractivity contribution >= 4 is 0 Å². The first-order valence-corrected chi connectivity index (χ1v) is 4.59. The van der Waals surface area contributed by atoms with Crippen LogP contribution >= 0.6 is 0 Å². The molecular formula is C9H21NO. The maximum atomic E-state index is 5.57. The molecule has 0 aromatic rings. The topological polar surface area (TPSA) is 35.2 Å². The Morgan fingerprint density at radius 2 is 1.82 bits per heavy atom. The molecule has 0 spiro atoms. The Morgan fingerprint density at radius 3 is 2.36 bits per heavy atom. The number of unbranched alkanes of at least 4 members (excludes halogenated alkanes) is 4. The molecule has 0 aliphatic rings. The molecule has 11 heavy (non-hydrogen) atoms. The smallest absolute Gasteiger partial charge is 0.105 e. The number of hydrogen-bond acceptors (Lipinski definition) is 2. The van der Waals surface area contributed by atoms with Crippen molar-refractivity contribution in [3.63, 3.8) is 0 Å². The van der Waals surface area contributed by atoms with Crippen LogP contribution in [-0.4, -0.2) is 13.3 Å². The standard InChI is InChI=1S/C9H21NO/c1-3-4-5-6-7-8-9(10)11-2/h9H,3-8,10H2,1-2H3. The van der Waals surface area contributed by atoms with Crippen LogP contribution in [0.4, 0.5) is 0 Å². The summed E-state index contributed by atoms with van der Waals surface area (Å²) in [5.41, 5.74) is 5.57. The predicted octanol–water partition coefficient (Wildman–Crippen LogP) is 2.28. The molecule has 0 radical (unpaired) electrons. The van der Waals surface area contributed by atoms with E-state index in [9.17, 15) is 0 Å². The zero-order valence-corrected chi connectivity index (χ0v) is 7.81. The molecule has 0 saturated heterocycles. The Kier molecular flexibility index (Phi) is 7.96. The van der Waals surface area contributed by atoms with Gasteiger partial charge in [0.2, 0.25) is 0 Å². The molecule has 0 aromatic carbocycles. The monoisotopic (exact) mass is 159 g/mol. The van der Waals surface area contributed by atoms with Gasteiger partial charge in [0.25, 0.3) is 0 Å². The second-order valence-electron chi connectivity index (χ2n) is 2.98.